The van der Waals surface area contributed by atoms with Crippen molar-refractivity contribution in [2.24, 2.45) is 10.7 Å². The standard InChI is InChI=1S/C17H20ClN3O2.HI/c1-12(23-16-9-4-3-8-15(16)18)11-20-17(19)21-13-6-5-7-14(10-13)22-2;/h3-10,12H,11H2,1-2H3,(H3,19,20,21);1H. The Bertz CT molecular complexity index is 682. The Balaban J connectivity index is 0.00000288. The Morgan fingerprint density at radius 2 is 2.00 bits per heavy atom. The van der Waals surface area contributed by atoms with Crippen LogP contribution in [0.4, 0.5) is 5.69 Å². The van der Waals surface area contributed by atoms with Crippen molar-refractivity contribution in [3.63, 3.8) is 0 Å². The van der Waals surface area contributed by atoms with Gasteiger partial charge in [-0.25, -0.2) is 4.99 Å². The maximum absolute atomic E-state index is 6.06. The second-order valence-electron chi connectivity index (χ2n) is 4.94. The first-order chi connectivity index (χ1) is 11.1. The molecule has 2 aromatic carbocycles. The van der Waals surface area contributed by atoms with Gasteiger partial charge in [-0.1, -0.05) is 29.8 Å². The molecule has 1 unspecified atom stereocenters. The van der Waals surface area contributed by atoms with E-state index in [1.165, 1.54) is 0 Å². The molecule has 130 valence electrons. The summed E-state index contributed by atoms with van der Waals surface area (Å²) in [5.74, 6) is 1.70. The van der Waals surface area contributed by atoms with Crippen LogP contribution in [0.5, 0.6) is 11.5 Å². The highest BCUT2D eigenvalue weighted by Crippen LogP contribution is 2.24. The van der Waals surface area contributed by atoms with Gasteiger partial charge in [0.1, 0.15) is 17.6 Å². The van der Waals surface area contributed by atoms with Crippen LogP contribution >= 0.6 is 35.6 Å². The summed E-state index contributed by atoms with van der Waals surface area (Å²) in [4.78, 5) is 4.28. The van der Waals surface area contributed by atoms with Gasteiger partial charge in [0.15, 0.2) is 5.96 Å². The molecule has 7 heteroatoms. The maximum atomic E-state index is 6.06. The lowest BCUT2D eigenvalue weighted by Crippen LogP contribution is -2.25. The highest BCUT2D eigenvalue weighted by atomic mass is 127. The number of para-hydroxylation sites is 1. The van der Waals surface area contributed by atoms with E-state index >= 15 is 0 Å². The number of halogens is 2. The van der Waals surface area contributed by atoms with Crippen molar-refractivity contribution >= 4 is 47.2 Å². The molecule has 0 fully saturated rings. The van der Waals surface area contributed by atoms with Crippen molar-refractivity contribution in [3.05, 3.63) is 53.6 Å². The molecule has 0 heterocycles. The van der Waals surface area contributed by atoms with E-state index in [1.807, 2.05) is 49.4 Å². The predicted octanol–water partition coefficient (Wildman–Crippen LogP) is 4.16. The van der Waals surface area contributed by atoms with Crippen LogP contribution in [-0.2, 0) is 0 Å². The number of aliphatic imine (C=N–C) groups is 1. The Morgan fingerprint density at radius 1 is 1.25 bits per heavy atom. The van der Waals surface area contributed by atoms with Gasteiger partial charge in [0.2, 0.25) is 0 Å². The smallest absolute Gasteiger partial charge is 0.193 e. The molecule has 0 spiro atoms. The maximum Gasteiger partial charge on any atom is 0.193 e. The summed E-state index contributed by atoms with van der Waals surface area (Å²) in [6.45, 7) is 2.32. The fourth-order valence-corrected chi connectivity index (χ4v) is 2.09. The van der Waals surface area contributed by atoms with Gasteiger partial charge in [-0.3, -0.25) is 0 Å². The second-order valence-corrected chi connectivity index (χ2v) is 5.35. The molecule has 0 radical (unpaired) electrons. The van der Waals surface area contributed by atoms with Crippen molar-refractivity contribution in [1.29, 1.82) is 0 Å². The summed E-state index contributed by atoms with van der Waals surface area (Å²) in [6.07, 6.45) is -0.152. The van der Waals surface area contributed by atoms with E-state index in [0.717, 1.165) is 11.4 Å². The third kappa shape index (κ3) is 6.45. The molecule has 0 aliphatic heterocycles. The Morgan fingerprint density at radius 3 is 2.71 bits per heavy atom. The van der Waals surface area contributed by atoms with Gasteiger partial charge in [0.05, 0.1) is 18.7 Å². The SMILES string of the molecule is COc1cccc(NC(N)=NCC(C)Oc2ccccc2Cl)c1.I. The van der Waals surface area contributed by atoms with Gasteiger partial charge in [-0.05, 0) is 31.2 Å². The molecule has 0 amide bonds. The van der Waals surface area contributed by atoms with E-state index in [-0.39, 0.29) is 30.1 Å². The van der Waals surface area contributed by atoms with Gasteiger partial charge in [0.25, 0.3) is 0 Å². The molecule has 5 nitrogen and oxygen atoms in total. The van der Waals surface area contributed by atoms with Crippen LogP contribution in [-0.4, -0.2) is 25.7 Å². The first kappa shape index (κ1) is 20.4. The van der Waals surface area contributed by atoms with E-state index < -0.39 is 0 Å². The number of nitrogens with one attached hydrogen (secondary N) is 1. The number of ether oxygens (including phenoxy) is 2. The lowest BCUT2D eigenvalue weighted by molar-refractivity contribution is 0.230. The predicted molar refractivity (Wildman–Crippen MR) is 110 cm³/mol. The number of methoxy groups -OCH3 is 1. The molecule has 0 aliphatic rings. The van der Waals surface area contributed by atoms with Gasteiger partial charge < -0.3 is 20.5 Å². The topological polar surface area (TPSA) is 68.9 Å². The monoisotopic (exact) mass is 461 g/mol. The normalized spacial score (nSPS) is 12.0. The molecule has 3 N–H and O–H groups in total. The quantitative estimate of drug-likeness (QED) is 0.385. The highest BCUT2D eigenvalue weighted by molar-refractivity contribution is 14.0. The molecule has 0 bridgehead atoms. The van der Waals surface area contributed by atoms with Crippen LogP contribution < -0.4 is 20.5 Å². The van der Waals surface area contributed by atoms with Crippen molar-refractivity contribution in [2.45, 2.75) is 13.0 Å². The zero-order chi connectivity index (χ0) is 16.7. The minimum atomic E-state index is -0.152. The summed E-state index contributed by atoms with van der Waals surface area (Å²) >= 11 is 6.06. The van der Waals surface area contributed by atoms with Crippen LogP contribution in [0.2, 0.25) is 5.02 Å². The minimum Gasteiger partial charge on any atom is -0.497 e. The molecule has 1 atom stereocenters. The number of hydrogen-bond acceptors (Lipinski definition) is 3. The average Bonchev–Trinajstić information content (AvgIpc) is 2.55. The molecular formula is C17H21ClIN3O2. The average molecular weight is 462 g/mol. The molecule has 0 saturated heterocycles. The van der Waals surface area contributed by atoms with Crippen LogP contribution in [0.3, 0.4) is 0 Å². The van der Waals surface area contributed by atoms with E-state index in [4.69, 9.17) is 26.8 Å². The van der Waals surface area contributed by atoms with Gasteiger partial charge in [-0.2, -0.15) is 0 Å². The molecule has 0 saturated carbocycles. The number of nitrogens with two attached hydrogens (primary N) is 1. The third-order valence-corrected chi connectivity index (χ3v) is 3.34. The first-order valence-electron chi connectivity index (χ1n) is 7.20. The van der Waals surface area contributed by atoms with Crippen LogP contribution in [0.25, 0.3) is 0 Å². The molecule has 2 aromatic rings. The number of rotatable bonds is 6. The van der Waals surface area contributed by atoms with E-state index in [2.05, 4.69) is 10.3 Å². The number of anilines is 1. The zero-order valence-electron chi connectivity index (χ0n) is 13.5. The number of benzene rings is 2. The van der Waals surface area contributed by atoms with Crippen LogP contribution in [0.1, 0.15) is 6.92 Å². The summed E-state index contributed by atoms with van der Waals surface area (Å²) < 4.78 is 10.9. The Kier molecular flexibility index (Phi) is 8.70. The van der Waals surface area contributed by atoms with E-state index in [0.29, 0.717) is 23.3 Å². The van der Waals surface area contributed by atoms with Gasteiger partial charge in [-0.15, -0.1) is 24.0 Å². The van der Waals surface area contributed by atoms with Crippen LogP contribution in [0, 0.1) is 0 Å². The van der Waals surface area contributed by atoms with Crippen molar-refractivity contribution in [1.82, 2.24) is 0 Å². The summed E-state index contributed by atoms with van der Waals surface area (Å²) in [5, 5.41) is 3.59. The number of nitrogens with zero attached hydrogens (tertiary/aromatic N) is 1. The van der Waals surface area contributed by atoms with Crippen molar-refractivity contribution in [2.75, 3.05) is 19.0 Å². The fourth-order valence-electron chi connectivity index (χ4n) is 1.91. The van der Waals surface area contributed by atoms with E-state index in [1.54, 1.807) is 13.2 Å². The summed E-state index contributed by atoms with van der Waals surface area (Å²) in [6, 6.07) is 14.8. The minimum absolute atomic E-state index is 0. The second kappa shape index (κ2) is 10.2. The van der Waals surface area contributed by atoms with Crippen molar-refractivity contribution < 1.29 is 9.47 Å². The number of hydrogen-bond donors (Lipinski definition) is 2. The van der Waals surface area contributed by atoms with E-state index in [9.17, 15) is 0 Å². The molecule has 0 aliphatic carbocycles. The Hall–Kier alpha value is -1.67. The largest absolute Gasteiger partial charge is 0.497 e. The molecule has 0 aromatic heterocycles. The Labute approximate surface area is 164 Å². The lowest BCUT2D eigenvalue weighted by Gasteiger charge is -2.14. The van der Waals surface area contributed by atoms with Crippen LogP contribution in [0.15, 0.2) is 53.5 Å². The number of guanidine groups is 1. The molecular weight excluding hydrogens is 441 g/mol. The van der Waals surface area contributed by atoms with Crippen molar-refractivity contribution in [3.8, 4) is 11.5 Å². The first-order valence-corrected chi connectivity index (χ1v) is 7.58. The fraction of sp³-hybridized carbons (Fsp3) is 0.235. The zero-order valence-corrected chi connectivity index (χ0v) is 16.6. The third-order valence-electron chi connectivity index (χ3n) is 3.03. The molecule has 2 rings (SSSR count). The molecule has 24 heavy (non-hydrogen) atoms. The summed E-state index contributed by atoms with van der Waals surface area (Å²) in [5.41, 5.74) is 6.70. The van der Waals surface area contributed by atoms with Gasteiger partial charge in [0, 0.05) is 11.8 Å². The van der Waals surface area contributed by atoms with Gasteiger partial charge >= 0.3 is 0 Å². The lowest BCUT2D eigenvalue weighted by atomic mass is 10.3. The summed E-state index contributed by atoms with van der Waals surface area (Å²) in [7, 11) is 1.62. The highest BCUT2D eigenvalue weighted by Gasteiger charge is 2.06.